The number of carbonyl (C=O) groups excluding carboxylic acids is 1. The standard InChI is InChI=1S/C17H17Cl2NO/c1-3-10-5-6-11(4-2)13(7-10)17(21)14-8-12(20)9-15(18)16(14)19/h5-9H,3-4,20H2,1-2H3. The smallest absolute Gasteiger partial charge is 0.194 e. The first-order valence-corrected chi connectivity index (χ1v) is 7.64. The SMILES string of the molecule is CCc1ccc(CC)c(C(=O)c2cc(N)cc(Cl)c2Cl)c1. The van der Waals surface area contributed by atoms with Gasteiger partial charge in [-0.25, -0.2) is 0 Å². The zero-order chi connectivity index (χ0) is 15.6. The molecule has 0 fully saturated rings. The lowest BCUT2D eigenvalue weighted by atomic mass is 9.94. The van der Waals surface area contributed by atoms with Crippen molar-refractivity contribution in [1.82, 2.24) is 0 Å². The van der Waals surface area contributed by atoms with Crippen LogP contribution in [0.2, 0.25) is 10.0 Å². The van der Waals surface area contributed by atoms with E-state index in [-0.39, 0.29) is 10.8 Å². The van der Waals surface area contributed by atoms with Crippen molar-refractivity contribution in [3.8, 4) is 0 Å². The first kappa shape index (κ1) is 15.9. The summed E-state index contributed by atoms with van der Waals surface area (Å²) in [6.07, 6.45) is 1.65. The summed E-state index contributed by atoms with van der Waals surface area (Å²) in [6.45, 7) is 4.07. The van der Waals surface area contributed by atoms with Crippen LogP contribution < -0.4 is 5.73 Å². The minimum atomic E-state index is -0.138. The Morgan fingerprint density at radius 3 is 2.38 bits per heavy atom. The predicted molar refractivity (Wildman–Crippen MR) is 89.5 cm³/mol. The molecule has 4 heteroatoms. The molecule has 0 saturated heterocycles. The fourth-order valence-corrected chi connectivity index (χ4v) is 2.71. The molecule has 0 bridgehead atoms. The Balaban J connectivity index is 2.59. The molecule has 2 N–H and O–H groups in total. The van der Waals surface area contributed by atoms with E-state index in [2.05, 4.69) is 6.92 Å². The third-order valence-corrected chi connectivity index (χ3v) is 4.31. The van der Waals surface area contributed by atoms with Crippen LogP contribution in [0.1, 0.15) is 40.9 Å². The predicted octanol–water partition coefficient (Wildman–Crippen LogP) is 4.93. The zero-order valence-corrected chi connectivity index (χ0v) is 13.6. The van der Waals surface area contributed by atoms with Crippen molar-refractivity contribution >= 4 is 34.7 Å². The van der Waals surface area contributed by atoms with E-state index in [0.717, 1.165) is 24.0 Å². The monoisotopic (exact) mass is 321 g/mol. The molecule has 0 aliphatic rings. The Bertz CT molecular complexity index is 695. The third kappa shape index (κ3) is 3.22. The lowest BCUT2D eigenvalue weighted by Gasteiger charge is -2.11. The lowest BCUT2D eigenvalue weighted by molar-refractivity contribution is 0.103. The normalized spacial score (nSPS) is 10.7. The topological polar surface area (TPSA) is 43.1 Å². The van der Waals surface area contributed by atoms with Gasteiger partial charge in [-0.1, -0.05) is 49.2 Å². The van der Waals surface area contributed by atoms with Crippen LogP contribution in [0.25, 0.3) is 0 Å². The molecular weight excluding hydrogens is 305 g/mol. The first-order chi connectivity index (χ1) is 9.97. The van der Waals surface area contributed by atoms with Crippen LogP contribution in [-0.2, 0) is 12.8 Å². The summed E-state index contributed by atoms with van der Waals surface area (Å²) in [5.74, 6) is -0.138. The average molecular weight is 322 g/mol. The Hall–Kier alpha value is -1.51. The molecule has 0 radical (unpaired) electrons. The van der Waals surface area contributed by atoms with Gasteiger partial charge in [0.1, 0.15) is 0 Å². The molecule has 2 aromatic carbocycles. The number of hydrogen-bond acceptors (Lipinski definition) is 2. The Kier molecular flexibility index (Phi) is 4.92. The van der Waals surface area contributed by atoms with Crippen molar-refractivity contribution in [2.24, 2.45) is 0 Å². The number of aryl methyl sites for hydroxylation is 2. The van der Waals surface area contributed by atoms with Gasteiger partial charge in [0, 0.05) is 16.8 Å². The van der Waals surface area contributed by atoms with Crippen molar-refractivity contribution in [2.75, 3.05) is 5.73 Å². The van der Waals surface area contributed by atoms with E-state index < -0.39 is 0 Å². The van der Waals surface area contributed by atoms with Crippen LogP contribution in [0, 0.1) is 0 Å². The van der Waals surface area contributed by atoms with Gasteiger partial charge in [0.05, 0.1) is 10.0 Å². The zero-order valence-electron chi connectivity index (χ0n) is 12.0. The van der Waals surface area contributed by atoms with Crippen LogP contribution in [0.15, 0.2) is 30.3 Å². The maximum atomic E-state index is 12.8. The van der Waals surface area contributed by atoms with E-state index in [1.54, 1.807) is 12.1 Å². The first-order valence-electron chi connectivity index (χ1n) is 6.88. The van der Waals surface area contributed by atoms with Crippen LogP contribution in [0.5, 0.6) is 0 Å². The van der Waals surface area contributed by atoms with Crippen LogP contribution in [-0.4, -0.2) is 5.78 Å². The minimum Gasteiger partial charge on any atom is -0.399 e. The number of rotatable bonds is 4. The van der Waals surface area contributed by atoms with Crippen molar-refractivity contribution in [2.45, 2.75) is 26.7 Å². The Morgan fingerprint density at radius 1 is 1.05 bits per heavy atom. The van der Waals surface area contributed by atoms with Gasteiger partial charge in [0.25, 0.3) is 0 Å². The number of halogens is 2. The molecule has 2 nitrogen and oxygen atoms in total. The van der Waals surface area contributed by atoms with Gasteiger partial charge in [0.2, 0.25) is 0 Å². The third-order valence-electron chi connectivity index (χ3n) is 3.50. The highest BCUT2D eigenvalue weighted by atomic mass is 35.5. The molecule has 0 atom stereocenters. The van der Waals surface area contributed by atoms with Crippen LogP contribution >= 0.6 is 23.2 Å². The van der Waals surface area contributed by atoms with Gasteiger partial charge in [-0.05, 0) is 42.2 Å². The molecule has 0 spiro atoms. The molecule has 0 unspecified atom stereocenters. The number of nitrogens with two attached hydrogens (primary N) is 1. The lowest BCUT2D eigenvalue weighted by Crippen LogP contribution is -2.08. The molecule has 110 valence electrons. The highest BCUT2D eigenvalue weighted by Gasteiger charge is 2.18. The van der Waals surface area contributed by atoms with E-state index in [1.807, 2.05) is 25.1 Å². The summed E-state index contributed by atoms with van der Waals surface area (Å²) in [5, 5.41) is 0.546. The second-order valence-corrected chi connectivity index (χ2v) is 5.68. The number of anilines is 1. The molecule has 0 heterocycles. The number of nitrogen functional groups attached to an aromatic ring is 1. The molecule has 2 aromatic rings. The van der Waals surface area contributed by atoms with Crippen LogP contribution in [0.4, 0.5) is 5.69 Å². The number of hydrogen-bond donors (Lipinski definition) is 1. The second-order valence-electron chi connectivity index (χ2n) is 4.89. The van der Waals surface area contributed by atoms with Gasteiger partial charge < -0.3 is 5.73 Å². The summed E-state index contributed by atoms with van der Waals surface area (Å²) in [4.78, 5) is 12.8. The van der Waals surface area contributed by atoms with E-state index in [1.165, 1.54) is 0 Å². The largest absolute Gasteiger partial charge is 0.399 e. The highest BCUT2D eigenvalue weighted by molar-refractivity contribution is 6.44. The molecule has 0 aliphatic heterocycles. The summed E-state index contributed by atoms with van der Waals surface area (Å²) >= 11 is 12.2. The van der Waals surface area contributed by atoms with Crippen molar-refractivity contribution in [1.29, 1.82) is 0 Å². The number of benzene rings is 2. The quantitative estimate of drug-likeness (QED) is 0.640. The van der Waals surface area contributed by atoms with E-state index in [4.69, 9.17) is 28.9 Å². The van der Waals surface area contributed by atoms with Gasteiger partial charge in [-0.15, -0.1) is 0 Å². The summed E-state index contributed by atoms with van der Waals surface area (Å²) in [5.41, 5.74) is 9.33. The molecule has 0 aliphatic carbocycles. The van der Waals surface area contributed by atoms with Crippen LogP contribution in [0.3, 0.4) is 0 Å². The number of carbonyl (C=O) groups is 1. The van der Waals surface area contributed by atoms with E-state index >= 15 is 0 Å². The van der Waals surface area contributed by atoms with E-state index in [0.29, 0.717) is 21.8 Å². The van der Waals surface area contributed by atoms with Gasteiger partial charge in [-0.3, -0.25) is 4.79 Å². The fourth-order valence-electron chi connectivity index (χ4n) is 2.28. The van der Waals surface area contributed by atoms with Crippen molar-refractivity contribution in [3.05, 3.63) is 62.6 Å². The molecule has 0 aromatic heterocycles. The maximum Gasteiger partial charge on any atom is 0.194 e. The van der Waals surface area contributed by atoms with E-state index in [9.17, 15) is 4.79 Å². The second kappa shape index (κ2) is 6.50. The van der Waals surface area contributed by atoms with Gasteiger partial charge in [-0.2, -0.15) is 0 Å². The molecule has 0 amide bonds. The number of ketones is 1. The highest BCUT2D eigenvalue weighted by Crippen LogP contribution is 2.31. The average Bonchev–Trinajstić information content (AvgIpc) is 2.49. The molecule has 21 heavy (non-hydrogen) atoms. The fraction of sp³-hybridized carbons (Fsp3) is 0.235. The summed E-state index contributed by atoms with van der Waals surface area (Å²) < 4.78 is 0. The minimum absolute atomic E-state index is 0.138. The maximum absolute atomic E-state index is 12.8. The van der Waals surface area contributed by atoms with Crippen molar-refractivity contribution in [3.63, 3.8) is 0 Å². The van der Waals surface area contributed by atoms with Gasteiger partial charge in [0.15, 0.2) is 5.78 Å². The molecule has 2 rings (SSSR count). The summed E-state index contributed by atoms with van der Waals surface area (Å²) in [7, 11) is 0. The molecular formula is C17H17Cl2NO. The summed E-state index contributed by atoms with van der Waals surface area (Å²) in [6, 6.07) is 9.09. The van der Waals surface area contributed by atoms with Crippen molar-refractivity contribution < 1.29 is 4.79 Å². The molecule has 0 saturated carbocycles. The van der Waals surface area contributed by atoms with Gasteiger partial charge >= 0.3 is 0 Å². The Labute approximate surface area is 134 Å². The Morgan fingerprint density at radius 2 is 1.76 bits per heavy atom.